The molecule has 2 aromatic heterocycles. The van der Waals surface area contributed by atoms with Gasteiger partial charge in [0, 0.05) is 36.4 Å². The number of aromatic nitrogens is 4. The minimum Gasteiger partial charge on any atom is -0.436 e. The highest BCUT2D eigenvalue weighted by molar-refractivity contribution is 5.58. The van der Waals surface area contributed by atoms with Crippen LogP contribution in [0, 0.1) is 15.9 Å². The van der Waals surface area contributed by atoms with Crippen LogP contribution in [-0.2, 0) is 19.6 Å². The summed E-state index contributed by atoms with van der Waals surface area (Å²) in [5.41, 5.74) is 1.21. The molecule has 0 bridgehead atoms. The number of fused-ring (bicyclic) bond motifs is 2. The molecule has 10 heteroatoms. The summed E-state index contributed by atoms with van der Waals surface area (Å²) in [5.74, 6) is 0.486. The molecule has 150 valence electrons. The summed E-state index contributed by atoms with van der Waals surface area (Å²) in [5, 5.41) is 10.9. The standard InChI is InChI=1S/C19H19FN6O3/c1-19(12-25-10-17(26(27)28)22-18(25)29-19)11-23-6-7-24-8-15(21-16(24)9-23)13-2-4-14(20)5-3-13/h2-5,8,10H,6-7,9,11-12H2,1H3/t19-/m0/s1. The molecule has 0 saturated heterocycles. The highest BCUT2D eigenvalue weighted by Gasteiger charge is 2.42. The van der Waals surface area contributed by atoms with Crippen molar-refractivity contribution in [3.63, 3.8) is 0 Å². The van der Waals surface area contributed by atoms with Crippen LogP contribution in [0.2, 0.25) is 0 Å². The first-order valence-electron chi connectivity index (χ1n) is 9.33. The highest BCUT2D eigenvalue weighted by Crippen LogP contribution is 2.32. The predicted octanol–water partition coefficient (Wildman–Crippen LogP) is 2.46. The third-order valence-corrected chi connectivity index (χ3v) is 5.34. The lowest BCUT2D eigenvalue weighted by atomic mass is 10.1. The zero-order valence-corrected chi connectivity index (χ0v) is 15.8. The predicted molar refractivity (Wildman–Crippen MR) is 101 cm³/mol. The number of nitrogens with zero attached hydrogens (tertiary/aromatic N) is 6. The minimum atomic E-state index is -0.519. The number of ether oxygens (including phenoxy) is 1. The Labute approximate surface area is 165 Å². The van der Waals surface area contributed by atoms with Crippen LogP contribution in [0.3, 0.4) is 0 Å². The van der Waals surface area contributed by atoms with E-state index in [1.807, 2.05) is 13.1 Å². The van der Waals surface area contributed by atoms with Gasteiger partial charge in [0.1, 0.15) is 23.4 Å². The monoisotopic (exact) mass is 398 g/mol. The van der Waals surface area contributed by atoms with Crippen molar-refractivity contribution in [2.75, 3.05) is 13.1 Å². The van der Waals surface area contributed by atoms with E-state index in [1.54, 1.807) is 16.7 Å². The van der Waals surface area contributed by atoms with Crippen LogP contribution in [0.25, 0.3) is 11.3 Å². The van der Waals surface area contributed by atoms with E-state index >= 15 is 0 Å². The van der Waals surface area contributed by atoms with Gasteiger partial charge in [0.15, 0.2) is 0 Å². The molecule has 0 aliphatic carbocycles. The number of rotatable bonds is 4. The fraction of sp³-hybridized carbons (Fsp3) is 0.368. The maximum Gasteiger partial charge on any atom is 0.415 e. The van der Waals surface area contributed by atoms with Gasteiger partial charge in [-0.05, 0) is 36.1 Å². The summed E-state index contributed by atoms with van der Waals surface area (Å²) >= 11 is 0. The average Bonchev–Trinajstić information content (AvgIpc) is 3.33. The lowest BCUT2D eigenvalue weighted by Crippen LogP contribution is -2.47. The zero-order chi connectivity index (χ0) is 20.2. The number of hydrogen-bond donors (Lipinski definition) is 0. The molecular formula is C19H19FN6O3. The second-order valence-electron chi connectivity index (χ2n) is 7.77. The van der Waals surface area contributed by atoms with Crippen LogP contribution in [0.5, 0.6) is 6.01 Å². The molecule has 5 rings (SSSR count). The van der Waals surface area contributed by atoms with Gasteiger partial charge >= 0.3 is 11.8 Å². The second-order valence-corrected chi connectivity index (χ2v) is 7.77. The molecule has 0 unspecified atom stereocenters. The minimum absolute atomic E-state index is 0.199. The third-order valence-electron chi connectivity index (χ3n) is 5.34. The Balaban J connectivity index is 1.28. The van der Waals surface area contributed by atoms with Crippen molar-refractivity contribution < 1.29 is 14.1 Å². The van der Waals surface area contributed by atoms with Crippen LogP contribution in [-0.4, -0.2) is 47.6 Å². The van der Waals surface area contributed by atoms with Crippen molar-refractivity contribution in [2.45, 2.75) is 32.2 Å². The number of imidazole rings is 2. The van der Waals surface area contributed by atoms with Gasteiger partial charge in [-0.3, -0.25) is 9.47 Å². The Kier molecular flexibility index (Phi) is 3.91. The van der Waals surface area contributed by atoms with Crippen LogP contribution in [0.15, 0.2) is 36.7 Å². The SMILES string of the molecule is C[C@]1(CN2CCn3cc(-c4ccc(F)cc4)nc3C2)Cn2cc([N+](=O)[O-])nc2O1. The summed E-state index contributed by atoms with van der Waals surface area (Å²) in [7, 11) is 0. The van der Waals surface area contributed by atoms with E-state index in [0.717, 1.165) is 30.2 Å². The summed E-state index contributed by atoms with van der Waals surface area (Å²) in [6.07, 6.45) is 3.42. The van der Waals surface area contributed by atoms with Crippen molar-refractivity contribution in [3.8, 4) is 17.3 Å². The molecule has 1 aromatic carbocycles. The first-order chi connectivity index (χ1) is 13.9. The van der Waals surface area contributed by atoms with E-state index in [1.165, 1.54) is 18.3 Å². The van der Waals surface area contributed by atoms with E-state index in [-0.39, 0.29) is 17.6 Å². The largest absolute Gasteiger partial charge is 0.436 e. The molecule has 4 heterocycles. The van der Waals surface area contributed by atoms with Crippen LogP contribution in [0.4, 0.5) is 10.2 Å². The van der Waals surface area contributed by atoms with Gasteiger partial charge in [0.2, 0.25) is 0 Å². The van der Waals surface area contributed by atoms with Crippen LogP contribution in [0.1, 0.15) is 12.7 Å². The molecule has 0 amide bonds. The molecule has 3 aromatic rings. The Morgan fingerprint density at radius 2 is 2.00 bits per heavy atom. The van der Waals surface area contributed by atoms with Crippen molar-refractivity contribution in [3.05, 3.63) is 58.4 Å². The van der Waals surface area contributed by atoms with Gasteiger partial charge in [-0.25, -0.2) is 9.37 Å². The van der Waals surface area contributed by atoms with Crippen molar-refractivity contribution in [2.24, 2.45) is 0 Å². The quantitative estimate of drug-likeness (QED) is 0.495. The molecule has 0 N–H and O–H groups in total. The van der Waals surface area contributed by atoms with Gasteiger partial charge in [0.05, 0.1) is 18.8 Å². The van der Waals surface area contributed by atoms with Gasteiger partial charge in [-0.15, -0.1) is 0 Å². The van der Waals surface area contributed by atoms with Crippen molar-refractivity contribution >= 4 is 5.82 Å². The Morgan fingerprint density at radius 1 is 1.21 bits per heavy atom. The maximum atomic E-state index is 13.2. The normalized spacial score (nSPS) is 20.9. The molecule has 0 saturated carbocycles. The summed E-state index contributed by atoms with van der Waals surface area (Å²) in [6, 6.07) is 6.62. The lowest BCUT2D eigenvalue weighted by Gasteiger charge is -2.33. The molecule has 29 heavy (non-hydrogen) atoms. The molecule has 0 radical (unpaired) electrons. The smallest absolute Gasteiger partial charge is 0.415 e. The summed E-state index contributed by atoms with van der Waals surface area (Å²) in [6.45, 7) is 5.46. The number of hydrogen-bond acceptors (Lipinski definition) is 6. The average molecular weight is 398 g/mol. The molecule has 0 fully saturated rings. The van der Waals surface area contributed by atoms with Crippen molar-refractivity contribution in [1.82, 2.24) is 24.0 Å². The van der Waals surface area contributed by atoms with Gasteiger partial charge < -0.3 is 19.4 Å². The Bertz CT molecular complexity index is 1070. The van der Waals surface area contributed by atoms with Gasteiger partial charge in [-0.2, -0.15) is 0 Å². The fourth-order valence-electron chi connectivity index (χ4n) is 4.03. The van der Waals surface area contributed by atoms with Gasteiger partial charge in [-0.1, -0.05) is 0 Å². The molecule has 2 aliphatic heterocycles. The first-order valence-corrected chi connectivity index (χ1v) is 9.33. The topological polar surface area (TPSA) is 91.2 Å². The van der Waals surface area contributed by atoms with E-state index in [9.17, 15) is 14.5 Å². The first kappa shape index (κ1) is 17.8. The summed E-state index contributed by atoms with van der Waals surface area (Å²) in [4.78, 5) is 21.3. The van der Waals surface area contributed by atoms with Crippen molar-refractivity contribution in [1.29, 1.82) is 0 Å². The van der Waals surface area contributed by atoms with Gasteiger partial charge in [0.25, 0.3) is 0 Å². The number of nitro groups is 1. The highest BCUT2D eigenvalue weighted by atomic mass is 19.1. The van der Waals surface area contributed by atoms with E-state index in [2.05, 4.69) is 14.5 Å². The molecule has 2 aliphatic rings. The number of benzene rings is 1. The lowest BCUT2D eigenvalue weighted by molar-refractivity contribution is -0.389. The Hall–Kier alpha value is -3.27. The molecule has 1 atom stereocenters. The molecular weight excluding hydrogens is 379 g/mol. The van der Waals surface area contributed by atoms with Crippen LogP contribution >= 0.6 is 0 Å². The molecule has 0 spiro atoms. The van der Waals surface area contributed by atoms with E-state index in [4.69, 9.17) is 9.72 Å². The molecule has 9 nitrogen and oxygen atoms in total. The maximum absolute atomic E-state index is 13.2. The summed E-state index contributed by atoms with van der Waals surface area (Å²) < 4.78 is 22.9. The van der Waals surface area contributed by atoms with E-state index in [0.29, 0.717) is 19.6 Å². The zero-order valence-electron chi connectivity index (χ0n) is 15.8. The fourth-order valence-corrected chi connectivity index (χ4v) is 4.03. The second kappa shape index (κ2) is 6.38. The third kappa shape index (κ3) is 3.25. The Morgan fingerprint density at radius 3 is 2.72 bits per heavy atom. The number of halogens is 1. The van der Waals surface area contributed by atoms with Crippen LogP contribution < -0.4 is 4.74 Å². The van der Waals surface area contributed by atoms with E-state index < -0.39 is 10.5 Å².